The minimum Gasteiger partial charge on any atom is -0.351 e. The van der Waals surface area contributed by atoms with Crippen LogP contribution in [0.15, 0.2) is 89.5 Å². The van der Waals surface area contributed by atoms with Crippen molar-refractivity contribution in [3.05, 3.63) is 112 Å². The van der Waals surface area contributed by atoms with Crippen LogP contribution in [0.4, 0.5) is 10.1 Å². The number of amides is 2. The average Bonchev–Trinajstić information content (AvgIpc) is 3.16. The van der Waals surface area contributed by atoms with Crippen molar-refractivity contribution < 1.29 is 14.0 Å². The highest BCUT2D eigenvalue weighted by atomic mass is 32.2. The highest BCUT2D eigenvalue weighted by molar-refractivity contribution is 8.05. The summed E-state index contributed by atoms with van der Waals surface area (Å²) in [5.41, 5.74) is 3.42. The lowest BCUT2D eigenvalue weighted by Gasteiger charge is -2.18. The lowest BCUT2D eigenvalue weighted by molar-refractivity contribution is -0.117. The van der Waals surface area contributed by atoms with Gasteiger partial charge in [-0.15, -0.1) is 0 Å². The van der Waals surface area contributed by atoms with E-state index in [1.807, 2.05) is 67.6 Å². The first-order chi connectivity index (χ1) is 17.0. The van der Waals surface area contributed by atoms with Gasteiger partial charge in [0, 0.05) is 12.2 Å². The number of benzene rings is 3. The Morgan fingerprint density at radius 2 is 1.77 bits per heavy atom. The zero-order chi connectivity index (χ0) is 24.8. The molecule has 0 saturated carbocycles. The number of hydrogen-bond acceptors (Lipinski definition) is 4. The molecule has 0 aliphatic carbocycles. The van der Waals surface area contributed by atoms with Crippen molar-refractivity contribution in [2.24, 2.45) is 0 Å². The van der Waals surface area contributed by atoms with Crippen molar-refractivity contribution in [1.29, 1.82) is 5.26 Å². The molecule has 1 fully saturated rings. The third kappa shape index (κ3) is 5.79. The predicted molar refractivity (Wildman–Crippen MR) is 136 cm³/mol. The standard InChI is InChI=1S/C28H24FN3O2S/c1-19-6-5-9-21(16-19)17-25-27(34)32(23-12-10-22(29)11-13-23)28(35-25)24(18-30)26(33)31-15-14-20-7-3-2-4-8-20/h2-13,16,25H,14-15,17H2,1H3,(H,31,33)/b28-24-/t25-/m0/s1. The molecule has 1 aliphatic rings. The second-order valence-electron chi connectivity index (χ2n) is 8.23. The lowest BCUT2D eigenvalue weighted by atomic mass is 10.1. The van der Waals surface area contributed by atoms with Crippen LogP contribution in [-0.2, 0) is 22.4 Å². The summed E-state index contributed by atoms with van der Waals surface area (Å²) in [6.07, 6.45) is 1.06. The van der Waals surface area contributed by atoms with Gasteiger partial charge in [0.1, 0.15) is 22.5 Å². The topological polar surface area (TPSA) is 73.2 Å². The van der Waals surface area contributed by atoms with E-state index in [1.165, 1.54) is 40.9 Å². The monoisotopic (exact) mass is 485 g/mol. The first-order valence-corrected chi connectivity index (χ1v) is 12.1. The Hall–Kier alpha value is -3.89. The molecular formula is C28H24FN3O2S. The Labute approximate surface area is 208 Å². The largest absolute Gasteiger partial charge is 0.351 e. The number of anilines is 1. The molecule has 1 atom stereocenters. The van der Waals surface area contributed by atoms with Gasteiger partial charge in [0.15, 0.2) is 0 Å². The van der Waals surface area contributed by atoms with Gasteiger partial charge >= 0.3 is 0 Å². The molecule has 35 heavy (non-hydrogen) atoms. The highest BCUT2D eigenvalue weighted by Gasteiger charge is 2.40. The van der Waals surface area contributed by atoms with E-state index in [2.05, 4.69) is 5.32 Å². The summed E-state index contributed by atoms with van der Waals surface area (Å²) in [7, 11) is 0. The highest BCUT2D eigenvalue weighted by Crippen LogP contribution is 2.42. The van der Waals surface area contributed by atoms with Gasteiger partial charge in [-0.1, -0.05) is 71.9 Å². The minimum atomic E-state index is -0.540. The van der Waals surface area contributed by atoms with E-state index in [9.17, 15) is 19.2 Å². The molecule has 3 aromatic carbocycles. The summed E-state index contributed by atoms with van der Waals surface area (Å²) < 4.78 is 13.6. The summed E-state index contributed by atoms with van der Waals surface area (Å²) >= 11 is 1.20. The van der Waals surface area contributed by atoms with E-state index in [4.69, 9.17) is 0 Å². The van der Waals surface area contributed by atoms with Crippen molar-refractivity contribution in [2.45, 2.75) is 25.0 Å². The summed E-state index contributed by atoms with van der Waals surface area (Å²) in [6, 6.07) is 25.0. The van der Waals surface area contributed by atoms with Crippen molar-refractivity contribution in [2.75, 3.05) is 11.4 Å². The first kappa shape index (κ1) is 24.2. The van der Waals surface area contributed by atoms with Crippen molar-refractivity contribution in [3.63, 3.8) is 0 Å². The Morgan fingerprint density at radius 3 is 2.46 bits per heavy atom. The summed E-state index contributed by atoms with van der Waals surface area (Å²) in [5, 5.41) is 12.4. The Morgan fingerprint density at radius 1 is 1.06 bits per heavy atom. The molecule has 1 aliphatic heterocycles. The smallest absolute Gasteiger partial charge is 0.264 e. The predicted octanol–water partition coefficient (Wildman–Crippen LogP) is 4.92. The number of hydrogen-bond donors (Lipinski definition) is 1. The molecule has 5 nitrogen and oxygen atoms in total. The Bertz CT molecular complexity index is 1300. The van der Waals surface area contributed by atoms with E-state index in [1.54, 1.807) is 0 Å². The normalized spacial score (nSPS) is 16.7. The van der Waals surface area contributed by atoms with Gasteiger partial charge in [-0.2, -0.15) is 5.26 Å². The molecule has 1 heterocycles. The van der Waals surface area contributed by atoms with Crippen molar-refractivity contribution >= 4 is 29.3 Å². The first-order valence-electron chi connectivity index (χ1n) is 11.2. The van der Waals surface area contributed by atoms with E-state index in [-0.39, 0.29) is 16.5 Å². The molecule has 1 N–H and O–H groups in total. The summed E-state index contributed by atoms with van der Waals surface area (Å²) in [5.74, 6) is -1.22. The van der Waals surface area contributed by atoms with Gasteiger partial charge in [-0.25, -0.2) is 4.39 Å². The molecule has 0 aromatic heterocycles. The Balaban J connectivity index is 1.62. The maximum Gasteiger partial charge on any atom is 0.264 e. The fraction of sp³-hybridized carbons (Fsp3) is 0.179. The van der Waals surface area contributed by atoms with Crippen LogP contribution >= 0.6 is 11.8 Å². The number of carbonyl (C=O) groups excluding carboxylic acids is 2. The maximum atomic E-state index is 13.6. The van der Waals surface area contributed by atoms with Crippen LogP contribution in [0.2, 0.25) is 0 Å². The minimum absolute atomic E-state index is 0.132. The molecule has 7 heteroatoms. The van der Waals surface area contributed by atoms with Gasteiger partial charge < -0.3 is 5.32 Å². The fourth-order valence-electron chi connectivity index (χ4n) is 3.92. The second kappa shape index (κ2) is 11.0. The number of nitriles is 1. The molecule has 0 unspecified atom stereocenters. The van der Waals surface area contributed by atoms with Crippen molar-refractivity contribution in [1.82, 2.24) is 5.32 Å². The van der Waals surface area contributed by atoms with Crippen LogP contribution in [0, 0.1) is 24.1 Å². The molecular weight excluding hydrogens is 461 g/mol. The Kier molecular flexibility index (Phi) is 7.64. The zero-order valence-corrected chi connectivity index (χ0v) is 20.0. The zero-order valence-electron chi connectivity index (χ0n) is 19.2. The summed E-state index contributed by atoms with van der Waals surface area (Å²) in [6.45, 7) is 2.33. The van der Waals surface area contributed by atoms with Gasteiger partial charge in [0.2, 0.25) is 5.91 Å². The van der Waals surface area contributed by atoms with E-state index < -0.39 is 17.0 Å². The van der Waals surface area contributed by atoms with Gasteiger partial charge in [0.05, 0.1) is 5.25 Å². The number of nitrogens with zero attached hydrogens (tertiary/aromatic N) is 2. The van der Waals surface area contributed by atoms with Crippen molar-refractivity contribution in [3.8, 4) is 6.07 Å². The number of aryl methyl sites for hydroxylation is 1. The van der Waals surface area contributed by atoms with Crippen LogP contribution in [0.5, 0.6) is 0 Å². The SMILES string of the molecule is Cc1cccc(C[C@@H]2S/C(=C(/C#N)C(=O)NCCc3ccccc3)N(c3ccc(F)cc3)C2=O)c1. The van der Waals surface area contributed by atoms with Gasteiger partial charge in [-0.05, 0) is 55.2 Å². The van der Waals surface area contributed by atoms with E-state index in [0.717, 1.165) is 16.7 Å². The quantitative estimate of drug-likeness (QED) is 0.381. The number of halogens is 1. The molecule has 0 radical (unpaired) electrons. The number of nitrogens with one attached hydrogen (secondary N) is 1. The number of carbonyl (C=O) groups is 2. The molecule has 0 spiro atoms. The molecule has 2 amide bonds. The third-order valence-corrected chi connectivity index (χ3v) is 6.90. The molecule has 0 bridgehead atoms. The molecule has 4 rings (SSSR count). The number of rotatable bonds is 7. The van der Waals surface area contributed by atoms with E-state index >= 15 is 0 Å². The third-order valence-electron chi connectivity index (χ3n) is 5.64. The molecule has 1 saturated heterocycles. The van der Waals surface area contributed by atoms with Gasteiger partial charge in [0.25, 0.3) is 5.91 Å². The van der Waals surface area contributed by atoms with E-state index in [0.29, 0.717) is 25.1 Å². The van der Waals surface area contributed by atoms with Crippen LogP contribution in [0.25, 0.3) is 0 Å². The second-order valence-corrected chi connectivity index (χ2v) is 9.42. The van der Waals surface area contributed by atoms with Crippen LogP contribution in [0.3, 0.4) is 0 Å². The maximum absolute atomic E-state index is 13.6. The number of thioether (sulfide) groups is 1. The van der Waals surface area contributed by atoms with Gasteiger partial charge in [-0.3, -0.25) is 14.5 Å². The molecule has 176 valence electrons. The van der Waals surface area contributed by atoms with Crippen LogP contribution in [0.1, 0.15) is 16.7 Å². The fourth-order valence-corrected chi connectivity index (χ4v) is 5.23. The lowest BCUT2D eigenvalue weighted by Crippen LogP contribution is -2.32. The average molecular weight is 486 g/mol. The molecule has 3 aromatic rings. The van der Waals surface area contributed by atoms with Crippen LogP contribution in [-0.4, -0.2) is 23.6 Å². The summed E-state index contributed by atoms with van der Waals surface area (Å²) in [4.78, 5) is 27.8. The van der Waals surface area contributed by atoms with Crippen LogP contribution < -0.4 is 10.2 Å².